The van der Waals surface area contributed by atoms with Gasteiger partial charge in [0, 0.05) is 73.6 Å². The van der Waals surface area contributed by atoms with Crippen LogP contribution in [-0.4, -0.2) is 4.57 Å². The molecule has 0 aliphatic heterocycles. The highest BCUT2D eigenvalue weighted by Gasteiger charge is 2.39. The fourth-order valence-electron chi connectivity index (χ4n) is 12.3. The molecule has 0 amide bonds. The lowest BCUT2D eigenvalue weighted by molar-refractivity contribution is 0.667. The molecule has 0 fully saturated rings. The Morgan fingerprint density at radius 1 is 0.338 bits per heavy atom. The maximum absolute atomic E-state index is 2.47. The molecule has 14 rings (SSSR count). The van der Waals surface area contributed by atoms with Gasteiger partial charge in [0.1, 0.15) is 0 Å². The second kappa shape index (κ2) is 15.8. The van der Waals surface area contributed by atoms with Crippen LogP contribution in [0.1, 0.15) is 25.0 Å². The van der Waals surface area contributed by atoms with Gasteiger partial charge in [0.25, 0.3) is 0 Å². The lowest BCUT2D eigenvalue weighted by Gasteiger charge is -2.26. The van der Waals surface area contributed by atoms with Crippen LogP contribution < -0.4 is 9.80 Å². The van der Waals surface area contributed by atoms with E-state index in [0.717, 1.165) is 34.1 Å². The molecule has 0 spiro atoms. The summed E-state index contributed by atoms with van der Waals surface area (Å²) in [4.78, 5) is 4.64. The van der Waals surface area contributed by atoms with Gasteiger partial charge < -0.3 is 14.4 Å². The number of fused-ring (bicyclic) bond motifs is 10. The Morgan fingerprint density at radius 3 is 1.30 bits per heavy atom. The zero-order chi connectivity index (χ0) is 47.4. The standard InChI is InChI=1S/C68H49N3/c1-68(2)60-42-46(44-30-36-52(37-31-44)70(48-18-8-4-9-19-48)49-20-10-5-11-21-49)34-40-54(60)64-56-26-17-29-59-63(56)62-57(27-16-28-58(62)66(64)68)65-55-41-35-47(43-61(55)69(3)67(59)65)45-32-38-53(39-33-45)71(50-22-12-6-13-23-50)51-24-14-7-15-25-51/h4-43H,1-3H3. The van der Waals surface area contributed by atoms with Crippen molar-refractivity contribution in [2.45, 2.75) is 19.3 Å². The van der Waals surface area contributed by atoms with Gasteiger partial charge in [0.2, 0.25) is 0 Å². The van der Waals surface area contributed by atoms with Crippen LogP contribution >= 0.6 is 0 Å². The lowest BCUT2D eigenvalue weighted by atomic mass is 9.77. The van der Waals surface area contributed by atoms with Crippen LogP contribution in [0.5, 0.6) is 0 Å². The highest BCUT2D eigenvalue weighted by Crippen LogP contribution is 2.58. The molecule has 336 valence electrons. The van der Waals surface area contributed by atoms with Crippen LogP contribution in [-0.2, 0) is 12.5 Å². The van der Waals surface area contributed by atoms with Crippen LogP contribution in [0.25, 0.3) is 87.5 Å². The average Bonchev–Trinajstić information content (AvgIpc) is 3.87. The highest BCUT2D eigenvalue weighted by molar-refractivity contribution is 6.40. The molecule has 1 heterocycles. The monoisotopic (exact) mass is 907 g/mol. The summed E-state index contributed by atoms with van der Waals surface area (Å²) >= 11 is 0. The zero-order valence-corrected chi connectivity index (χ0v) is 39.9. The smallest absolute Gasteiger partial charge is 0.0575 e. The Morgan fingerprint density at radius 2 is 0.761 bits per heavy atom. The molecular weight excluding hydrogens is 859 g/mol. The van der Waals surface area contributed by atoms with Gasteiger partial charge in [0.05, 0.1) is 5.52 Å². The highest BCUT2D eigenvalue weighted by atomic mass is 15.1. The van der Waals surface area contributed by atoms with E-state index < -0.39 is 0 Å². The minimum atomic E-state index is -0.233. The van der Waals surface area contributed by atoms with Crippen molar-refractivity contribution < 1.29 is 0 Å². The Balaban J connectivity index is 0.877. The average molecular weight is 908 g/mol. The van der Waals surface area contributed by atoms with Crippen molar-refractivity contribution in [2.24, 2.45) is 7.05 Å². The number of aryl methyl sites for hydroxylation is 1. The minimum absolute atomic E-state index is 0.233. The quantitative estimate of drug-likeness (QED) is 0.141. The Bertz CT molecular complexity index is 4080. The first-order chi connectivity index (χ1) is 34.9. The van der Waals surface area contributed by atoms with Crippen molar-refractivity contribution in [3.05, 3.63) is 254 Å². The van der Waals surface area contributed by atoms with Crippen molar-refractivity contribution in [1.29, 1.82) is 0 Å². The topological polar surface area (TPSA) is 11.4 Å². The van der Waals surface area contributed by atoms with Crippen molar-refractivity contribution in [3.8, 4) is 33.4 Å². The fraction of sp³-hybridized carbons (Fsp3) is 0.0588. The lowest BCUT2D eigenvalue weighted by Crippen LogP contribution is -2.16. The molecule has 1 aliphatic rings. The summed E-state index contributed by atoms with van der Waals surface area (Å²) in [6.07, 6.45) is 0. The van der Waals surface area contributed by atoms with Gasteiger partial charge in [-0.25, -0.2) is 0 Å². The first kappa shape index (κ1) is 41.1. The van der Waals surface area contributed by atoms with E-state index in [0.29, 0.717) is 0 Å². The largest absolute Gasteiger partial charge is 0.343 e. The molecule has 12 aromatic carbocycles. The predicted molar refractivity (Wildman–Crippen MR) is 302 cm³/mol. The van der Waals surface area contributed by atoms with Crippen molar-refractivity contribution >= 4 is 88.2 Å². The number of benzene rings is 12. The summed E-state index contributed by atoms with van der Waals surface area (Å²) in [5.41, 5.74) is 19.4. The second-order valence-corrected chi connectivity index (χ2v) is 19.7. The van der Waals surface area contributed by atoms with Gasteiger partial charge in [0.15, 0.2) is 0 Å². The molecule has 1 aromatic heterocycles. The van der Waals surface area contributed by atoms with Crippen LogP contribution in [0.15, 0.2) is 243 Å². The van der Waals surface area contributed by atoms with E-state index in [9.17, 15) is 0 Å². The molecule has 0 N–H and O–H groups in total. The molecule has 3 heteroatoms. The summed E-state index contributed by atoms with van der Waals surface area (Å²) in [6, 6.07) is 88.9. The summed E-state index contributed by atoms with van der Waals surface area (Å²) in [6.45, 7) is 4.88. The summed E-state index contributed by atoms with van der Waals surface area (Å²) in [7, 11) is 2.26. The van der Waals surface area contributed by atoms with E-state index in [2.05, 4.69) is 278 Å². The predicted octanol–water partition coefficient (Wildman–Crippen LogP) is 18.8. The second-order valence-electron chi connectivity index (χ2n) is 19.7. The van der Waals surface area contributed by atoms with Crippen LogP contribution in [0.3, 0.4) is 0 Å². The van der Waals surface area contributed by atoms with Crippen LogP contribution in [0.2, 0.25) is 0 Å². The van der Waals surface area contributed by atoms with Crippen molar-refractivity contribution in [2.75, 3.05) is 9.80 Å². The Kier molecular flexibility index (Phi) is 9.15. The van der Waals surface area contributed by atoms with Gasteiger partial charge in [-0.1, -0.05) is 172 Å². The van der Waals surface area contributed by atoms with E-state index in [-0.39, 0.29) is 5.41 Å². The van der Waals surface area contributed by atoms with E-state index in [1.165, 1.54) is 98.6 Å². The van der Waals surface area contributed by atoms with Gasteiger partial charge in [-0.15, -0.1) is 0 Å². The number of aromatic nitrogens is 1. The third kappa shape index (κ3) is 6.22. The molecular formula is C68H49N3. The number of hydrogen-bond donors (Lipinski definition) is 0. The van der Waals surface area contributed by atoms with Gasteiger partial charge in [-0.2, -0.15) is 0 Å². The van der Waals surface area contributed by atoms with E-state index in [1.807, 2.05) is 0 Å². The molecule has 0 unspecified atom stereocenters. The summed E-state index contributed by atoms with van der Waals surface area (Å²) in [5.74, 6) is 0. The number of hydrogen-bond acceptors (Lipinski definition) is 2. The molecule has 0 atom stereocenters. The normalized spacial score (nSPS) is 12.8. The maximum Gasteiger partial charge on any atom is 0.0575 e. The van der Waals surface area contributed by atoms with Gasteiger partial charge in [-0.05, 0) is 151 Å². The number of nitrogens with zero attached hydrogens (tertiary/aromatic N) is 3. The number of anilines is 6. The van der Waals surface area contributed by atoms with Crippen molar-refractivity contribution in [3.63, 3.8) is 0 Å². The van der Waals surface area contributed by atoms with E-state index in [1.54, 1.807) is 0 Å². The fourth-order valence-corrected chi connectivity index (χ4v) is 12.3. The third-order valence-electron chi connectivity index (χ3n) is 15.5. The molecule has 71 heavy (non-hydrogen) atoms. The Hall–Kier alpha value is -8.92. The molecule has 0 bridgehead atoms. The number of rotatable bonds is 8. The third-order valence-corrected chi connectivity index (χ3v) is 15.5. The molecule has 1 aliphatic carbocycles. The minimum Gasteiger partial charge on any atom is -0.343 e. The van der Waals surface area contributed by atoms with E-state index >= 15 is 0 Å². The van der Waals surface area contributed by atoms with E-state index in [4.69, 9.17) is 0 Å². The van der Waals surface area contributed by atoms with Crippen molar-refractivity contribution in [1.82, 2.24) is 4.57 Å². The van der Waals surface area contributed by atoms with Gasteiger partial charge in [-0.3, -0.25) is 0 Å². The first-order valence-corrected chi connectivity index (χ1v) is 24.7. The maximum atomic E-state index is 2.47. The van der Waals surface area contributed by atoms with Crippen LogP contribution in [0, 0.1) is 0 Å². The number of para-hydroxylation sites is 4. The zero-order valence-electron chi connectivity index (χ0n) is 39.9. The molecule has 0 saturated carbocycles. The van der Waals surface area contributed by atoms with Gasteiger partial charge >= 0.3 is 0 Å². The SMILES string of the molecule is Cn1c2cc(-c3ccc(N(c4ccccc4)c4ccccc4)cc3)ccc2c2c3cccc4c5c(c6cccc(c6c43)c21)-c1ccc(-c2ccc(N(c3ccccc3)c3ccccc3)cc2)cc1C5(C)C. The summed E-state index contributed by atoms with van der Waals surface area (Å²) < 4.78 is 2.45. The molecule has 0 saturated heterocycles. The summed E-state index contributed by atoms with van der Waals surface area (Å²) in [5, 5.41) is 10.7. The molecule has 3 nitrogen and oxygen atoms in total. The Labute approximate surface area is 414 Å². The molecule has 13 aromatic rings. The first-order valence-electron chi connectivity index (χ1n) is 24.7. The van der Waals surface area contributed by atoms with Crippen LogP contribution in [0.4, 0.5) is 34.1 Å². The molecule has 0 radical (unpaired) electrons.